The number of carbonyl (C=O) groups is 1. The zero-order valence-corrected chi connectivity index (χ0v) is 17.2. The van der Waals surface area contributed by atoms with Crippen LogP contribution in [0.2, 0.25) is 0 Å². The van der Waals surface area contributed by atoms with Gasteiger partial charge in [-0.1, -0.05) is 33.8 Å². The van der Waals surface area contributed by atoms with Gasteiger partial charge in [-0.3, -0.25) is 9.36 Å². The van der Waals surface area contributed by atoms with Crippen molar-refractivity contribution in [3.8, 4) is 0 Å². The third-order valence-corrected chi connectivity index (χ3v) is 5.90. The van der Waals surface area contributed by atoms with E-state index in [0.717, 1.165) is 39.7 Å². The second kappa shape index (κ2) is 7.90. The van der Waals surface area contributed by atoms with E-state index in [4.69, 9.17) is 4.42 Å². The molecule has 1 aliphatic rings. The molecule has 6 nitrogen and oxygen atoms in total. The van der Waals surface area contributed by atoms with Gasteiger partial charge in [-0.15, -0.1) is 10.2 Å². The molecule has 0 spiro atoms. The minimum Gasteiger partial charge on any atom is -0.467 e. The maximum atomic E-state index is 12.6. The van der Waals surface area contributed by atoms with Crippen LogP contribution in [0.4, 0.5) is 5.69 Å². The Morgan fingerprint density at radius 3 is 2.93 bits per heavy atom. The predicted octanol–water partition coefficient (Wildman–Crippen LogP) is 4.68. The van der Waals surface area contributed by atoms with Crippen molar-refractivity contribution in [1.29, 1.82) is 0 Å². The minimum atomic E-state index is -0.310. The standard InChI is InChI=1S/C19H19BrN4O2S/c1-12(18(25)21-15-5-2-4-14(20)10-15)27-19-23-22-17(13-7-8-13)24(19)11-16-6-3-9-26-16/h2-6,9-10,12-13H,7-8,11H2,1H3,(H,21,25). The molecule has 1 fully saturated rings. The maximum absolute atomic E-state index is 12.6. The first-order chi connectivity index (χ1) is 13.1. The van der Waals surface area contributed by atoms with E-state index < -0.39 is 0 Å². The number of hydrogen-bond donors (Lipinski definition) is 1. The number of carbonyl (C=O) groups excluding carboxylic acids is 1. The van der Waals surface area contributed by atoms with Gasteiger partial charge < -0.3 is 9.73 Å². The second-order valence-corrected chi connectivity index (χ2v) is 8.76. The SMILES string of the molecule is CC(Sc1nnc(C2CC2)n1Cc1ccco1)C(=O)Nc1cccc(Br)c1. The fraction of sp³-hybridized carbons (Fsp3) is 0.316. The number of benzene rings is 1. The number of halogens is 1. The minimum absolute atomic E-state index is 0.0707. The number of furan rings is 1. The molecule has 0 radical (unpaired) electrons. The van der Waals surface area contributed by atoms with Gasteiger partial charge in [0.25, 0.3) is 0 Å². The van der Waals surface area contributed by atoms with Crippen molar-refractivity contribution in [3.63, 3.8) is 0 Å². The van der Waals surface area contributed by atoms with Gasteiger partial charge in [0.2, 0.25) is 5.91 Å². The van der Waals surface area contributed by atoms with Crippen molar-refractivity contribution in [1.82, 2.24) is 14.8 Å². The number of hydrogen-bond acceptors (Lipinski definition) is 5. The van der Waals surface area contributed by atoms with E-state index in [1.807, 2.05) is 43.3 Å². The van der Waals surface area contributed by atoms with Crippen LogP contribution in [0.1, 0.15) is 37.3 Å². The van der Waals surface area contributed by atoms with Gasteiger partial charge in [0.1, 0.15) is 11.6 Å². The van der Waals surface area contributed by atoms with E-state index in [0.29, 0.717) is 12.5 Å². The number of anilines is 1. The maximum Gasteiger partial charge on any atom is 0.237 e. The fourth-order valence-corrected chi connectivity index (χ4v) is 4.01. The van der Waals surface area contributed by atoms with E-state index in [9.17, 15) is 4.79 Å². The third-order valence-electron chi connectivity index (χ3n) is 4.33. The Hall–Kier alpha value is -2.06. The zero-order chi connectivity index (χ0) is 18.8. The molecule has 0 saturated heterocycles. The molecule has 1 saturated carbocycles. The Morgan fingerprint density at radius 1 is 1.37 bits per heavy atom. The van der Waals surface area contributed by atoms with Crippen LogP contribution < -0.4 is 5.32 Å². The molecule has 0 aliphatic heterocycles. The van der Waals surface area contributed by atoms with Gasteiger partial charge in [0.15, 0.2) is 5.16 Å². The van der Waals surface area contributed by atoms with Gasteiger partial charge in [0, 0.05) is 16.1 Å². The molecule has 2 aromatic heterocycles. The highest BCUT2D eigenvalue weighted by atomic mass is 79.9. The molecule has 1 aliphatic carbocycles. The van der Waals surface area contributed by atoms with Crippen LogP contribution >= 0.6 is 27.7 Å². The van der Waals surface area contributed by atoms with Crippen molar-refractivity contribution in [2.75, 3.05) is 5.32 Å². The first-order valence-corrected chi connectivity index (χ1v) is 10.5. The topological polar surface area (TPSA) is 73.0 Å². The largest absolute Gasteiger partial charge is 0.467 e. The lowest BCUT2D eigenvalue weighted by molar-refractivity contribution is -0.115. The second-order valence-electron chi connectivity index (χ2n) is 6.54. The van der Waals surface area contributed by atoms with Crippen LogP contribution in [0.5, 0.6) is 0 Å². The summed E-state index contributed by atoms with van der Waals surface area (Å²) in [7, 11) is 0. The highest BCUT2D eigenvalue weighted by molar-refractivity contribution is 9.10. The van der Waals surface area contributed by atoms with Gasteiger partial charge in [-0.2, -0.15) is 0 Å². The van der Waals surface area contributed by atoms with Gasteiger partial charge in [-0.25, -0.2) is 0 Å². The van der Waals surface area contributed by atoms with Crippen LogP contribution in [0, 0.1) is 0 Å². The first-order valence-electron chi connectivity index (χ1n) is 8.78. The summed E-state index contributed by atoms with van der Waals surface area (Å²) in [6, 6.07) is 11.4. The molecule has 4 rings (SSSR count). The molecule has 1 unspecified atom stereocenters. The Kier molecular flexibility index (Phi) is 5.36. The van der Waals surface area contributed by atoms with E-state index >= 15 is 0 Å². The van der Waals surface area contributed by atoms with Gasteiger partial charge in [-0.05, 0) is 50.1 Å². The molecular weight excluding hydrogens is 428 g/mol. The van der Waals surface area contributed by atoms with E-state index in [1.54, 1.807) is 6.26 Å². The number of nitrogens with zero attached hydrogens (tertiary/aromatic N) is 3. The molecule has 140 valence electrons. The Balaban J connectivity index is 1.48. The first kappa shape index (κ1) is 18.3. The number of amides is 1. The summed E-state index contributed by atoms with van der Waals surface area (Å²) in [5.74, 6) is 2.23. The lowest BCUT2D eigenvalue weighted by Gasteiger charge is -2.13. The average Bonchev–Trinajstić information content (AvgIpc) is 3.21. The third kappa shape index (κ3) is 4.44. The summed E-state index contributed by atoms with van der Waals surface area (Å²) in [4.78, 5) is 12.6. The van der Waals surface area contributed by atoms with E-state index in [2.05, 4.69) is 36.0 Å². The van der Waals surface area contributed by atoms with Crippen LogP contribution in [-0.4, -0.2) is 25.9 Å². The molecule has 1 atom stereocenters. The molecule has 1 aromatic carbocycles. The molecular formula is C19H19BrN4O2S. The van der Waals surface area contributed by atoms with Crippen molar-refractivity contribution in [3.05, 3.63) is 58.7 Å². The van der Waals surface area contributed by atoms with Gasteiger partial charge >= 0.3 is 0 Å². The summed E-state index contributed by atoms with van der Waals surface area (Å²) in [6.07, 6.45) is 3.94. The Bertz CT molecular complexity index is 937. The molecule has 8 heteroatoms. The quantitative estimate of drug-likeness (QED) is 0.533. The summed E-state index contributed by atoms with van der Waals surface area (Å²) < 4.78 is 8.49. The van der Waals surface area contributed by atoms with Crippen molar-refractivity contribution < 1.29 is 9.21 Å². The monoisotopic (exact) mass is 446 g/mol. The lowest BCUT2D eigenvalue weighted by Crippen LogP contribution is -2.23. The number of rotatable bonds is 7. The van der Waals surface area contributed by atoms with Crippen LogP contribution in [0.25, 0.3) is 0 Å². The fourth-order valence-electron chi connectivity index (χ4n) is 2.76. The normalized spacial score (nSPS) is 14.9. The van der Waals surface area contributed by atoms with Crippen LogP contribution in [-0.2, 0) is 11.3 Å². The predicted molar refractivity (Wildman–Crippen MR) is 108 cm³/mol. The Morgan fingerprint density at radius 2 is 2.22 bits per heavy atom. The molecule has 27 heavy (non-hydrogen) atoms. The number of nitrogens with one attached hydrogen (secondary N) is 1. The summed E-state index contributed by atoms with van der Waals surface area (Å²) in [6.45, 7) is 2.45. The molecule has 1 N–H and O–H groups in total. The van der Waals surface area contributed by atoms with E-state index in [-0.39, 0.29) is 11.2 Å². The lowest BCUT2D eigenvalue weighted by atomic mass is 10.3. The molecule has 1 amide bonds. The number of aromatic nitrogens is 3. The smallest absolute Gasteiger partial charge is 0.237 e. The van der Waals surface area contributed by atoms with Crippen molar-refractivity contribution >= 4 is 39.3 Å². The Labute approximate surface area is 169 Å². The highest BCUT2D eigenvalue weighted by Crippen LogP contribution is 2.40. The molecule has 3 aromatic rings. The zero-order valence-electron chi connectivity index (χ0n) is 14.8. The molecule has 2 heterocycles. The summed E-state index contributed by atoms with van der Waals surface area (Å²) >= 11 is 4.83. The summed E-state index contributed by atoms with van der Waals surface area (Å²) in [5, 5.41) is 12.1. The summed E-state index contributed by atoms with van der Waals surface area (Å²) in [5.41, 5.74) is 0.762. The highest BCUT2D eigenvalue weighted by Gasteiger charge is 2.31. The van der Waals surface area contributed by atoms with Gasteiger partial charge in [0.05, 0.1) is 18.1 Å². The van der Waals surface area contributed by atoms with Crippen LogP contribution in [0.15, 0.2) is 56.7 Å². The average molecular weight is 447 g/mol. The van der Waals surface area contributed by atoms with E-state index in [1.165, 1.54) is 11.8 Å². The number of thioether (sulfide) groups is 1. The van der Waals surface area contributed by atoms with Crippen molar-refractivity contribution in [2.24, 2.45) is 0 Å². The van der Waals surface area contributed by atoms with Crippen molar-refractivity contribution in [2.45, 2.75) is 42.6 Å². The van der Waals surface area contributed by atoms with Crippen LogP contribution in [0.3, 0.4) is 0 Å². The molecule has 0 bridgehead atoms.